The third-order valence-electron chi connectivity index (χ3n) is 3.42. The van der Waals surface area contributed by atoms with Crippen LogP contribution >= 0.6 is 24.0 Å². The lowest BCUT2D eigenvalue weighted by atomic mass is 10.1. The number of guanidine groups is 1. The molecular formula is C16H24FIN4. The fourth-order valence-electron chi connectivity index (χ4n) is 2.18. The van der Waals surface area contributed by atoms with Crippen LogP contribution in [0.5, 0.6) is 0 Å². The van der Waals surface area contributed by atoms with Crippen LogP contribution in [0, 0.1) is 11.7 Å². The Labute approximate surface area is 147 Å². The zero-order chi connectivity index (χ0) is 15.2. The number of nitrogens with zero attached hydrogens (tertiary/aromatic N) is 1. The quantitative estimate of drug-likeness (QED) is 0.383. The molecule has 0 aliphatic rings. The second-order valence-corrected chi connectivity index (χ2v) is 5.63. The van der Waals surface area contributed by atoms with E-state index in [0.29, 0.717) is 18.4 Å². The summed E-state index contributed by atoms with van der Waals surface area (Å²) < 4.78 is 13.3. The van der Waals surface area contributed by atoms with E-state index in [1.165, 1.54) is 6.07 Å². The maximum absolute atomic E-state index is 13.3. The first-order chi connectivity index (χ1) is 10.1. The number of aromatic nitrogens is 1. The fourth-order valence-corrected chi connectivity index (χ4v) is 2.18. The third kappa shape index (κ3) is 5.47. The fraction of sp³-hybridized carbons (Fsp3) is 0.438. The molecule has 2 rings (SSSR count). The lowest BCUT2D eigenvalue weighted by Gasteiger charge is -2.06. The highest BCUT2D eigenvalue weighted by atomic mass is 127. The van der Waals surface area contributed by atoms with Crippen LogP contribution in [0.1, 0.15) is 25.8 Å². The molecule has 0 aliphatic heterocycles. The molecule has 0 fully saturated rings. The van der Waals surface area contributed by atoms with E-state index < -0.39 is 0 Å². The van der Waals surface area contributed by atoms with E-state index in [4.69, 9.17) is 5.73 Å². The number of halogens is 2. The number of nitrogens with two attached hydrogens (primary N) is 1. The minimum absolute atomic E-state index is 0. The van der Waals surface area contributed by atoms with E-state index in [1.807, 2.05) is 6.20 Å². The van der Waals surface area contributed by atoms with E-state index >= 15 is 0 Å². The van der Waals surface area contributed by atoms with Crippen LogP contribution in [-0.2, 0) is 6.42 Å². The van der Waals surface area contributed by atoms with E-state index in [9.17, 15) is 4.39 Å². The summed E-state index contributed by atoms with van der Waals surface area (Å²) in [5, 5.41) is 4.02. The average molecular weight is 418 g/mol. The van der Waals surface area contributed by atoms with Crippen LogP contribution in [0.4, 0.5) is 4.39 Å². The Morgan fingerprint density at radius 3 is 2.91 bits per heavy atom. The van der Waals surface area contributed by atoms with E-state index in [2.05, 4.69) is 29.1 Å². The molecule has 4 nitrogen and oxygen atoms in total. The predicted octanol–water partition coefficient (Wildman–Crippen LogP) is 3.42. The highest BCUT2D eigenvalue weighted by Gasteiger charge is 2.04. The summed E-state index contributed by atoms with van der Waals surface area (Å²) in [6, 6.07) is 4.77. The first-order valence-electron chi connectivity index (χ1n) is 7.35. The molecule has 6 heteroatoms. The first-order valence-corrected chi connectivity index (χ1v) is 7.35. The predicted molar refractivity (Wildman–Crippen MR) is 101 cm³/mol. The molecule has 2 aromatic rings. The van der Waals surface area contributed by atoms with Crippen LogP contribution in [0.3, 0.4) is 0 Å². The molecule has 22 heavy (non-hydrogen) atoms. The van der Waals surface area contributed by atoms with Crippen molar-refractivity contribution in [2.45, 2.75) is 26.7 Å². The Kier molecular flexibility index (Phi) is 7.64. The van der Waals surface area contributed by atoms with Gasteiger partial charge in [-0.15, -0.1) is 24.0 Å². The molecule has 0 aliphatic carbocycles. The number of aliphatic imine (C=N–C) groups is 1. The molecule has 1 aromatic carbocycles. The number of hydrogen-bond acceptors (Lipinski definition) is 1. The van der Waals surface area contributed by atoms with Crippen molar-refractivity contribution in [2.24, 2.45) is 16.6 Å². The normalized spacial score (nSPS) is 11.7. The van der Waals surface area contributed by atoms with Gasteiger partial charge < -0.3 is 16.0 Å². The Morgan fingerprint density at radius 1 is 1.41 bits per heavy atom. The van der Waals surface area contributed by atoms with Crippen LogP contribution < -0.4 is 11.1 Å². The number of H-pyrrole nitrogens is 1. The van der Waals surface area contributed by atoms with Gasteiger partial charge in [0.2, 0.25) is 0 Å². The molecule has 4 N–H and O–H groups in total. The summed E-state index contributed by atoms with van der Waals surface area (Å²) in [7, 11) is 0. The number of fused-ring (bicyclic) bond motifs is 1. The molecule has 0 saturated heterocycles. The summed E-state index contributed by atoms with van der Waals surface area (Å²) in [5.41, 5.74) is 7.83. The van der Waals surface area contributed by atoms with Crippen LogP contribution in [-0.4, -0.2) is 24.0 Å². The molecule has 0 atom stereocenters. The van der Waals surface area contributed by atoms with Crippen molar-refractivity contribution in [1.82, 2.24) is 10.3 Å². The standard InChI is InChI=1S/C16H23FN4.HI/c1-11(2)5-7-19-16(18)20-8-6-12-10-21-15-4-3-13(17)9-14(12)15;/h3-4,9-11,21H,5-8H2,1-2H3,(H3,18,19,20);1H. The van der Waals surface area contributed by atoms with Crippen molar-refractivity contribution < 1.29 is 4.39 Å². The maximum Gasteiger partial charge on any atom is 0.188 e. The number of benzene rings is 1. The molecule has 0 saturated carbocycles. The molecule has 0 bridgehead atoms. The highest BCUT2D eigenvalue weighted by molar-refractivity contribution is 14.0. The topological polar surface area (TPSA) is 66.2 Å². The number of hydrogen-bond donors (Lipinski definition) is 3. The summed E-state index contributed by atoms with van der Waals surface area (Å²) in [6.45, 7) is 5.75. The largest absolute Gasteiger partial charge is 0.370 e. The minimum atomic E-state index is -0.217. The van der Waals surface area contributed by atoms with E-state index in [-0.39, 0.29) is 29.8 Å². The van der Waals surface area contributed by atoms with Crippen molar-refractivity contribution in [2.75, 3.05) is 13.1 Å². The number of rotatable bonds is 6. The monoisotopic (exact) mass is 418 g/mol. The van der Waals surface area contributed by atoms with Gasteiger partial charge in [0.25, 0.3) is 0 Å². The summed E-state index contributed by atoms with van der Waals surface area (Å²) in [4.78, 5) is 7.42. The summed E-state index contributed by atoms with van der Waals surface area (Å²) >= 11 is 0. The molecule has 122 valence electrons. The Morgan fingerprint density at radius 2 is 2.18 bits per heavy atom. The number of nitrogens with one attached hydrogen (secondary N) is 2. The van der Waals surface area contributed by atoms with Gasteiger partial charge in [0.05, 0.1) is 0 Å². The number of aromatic amines is 1. The van der Waals surface area contributed by atoms with Gasteiger partial charge in [0.15, 0.2) is 5.96 Å². The van der Waals surface area contributed by atoms with Crippen molar-refractivity contribution in [3.8, 4) is 0 Å². The maximum atomic E-state index is 13.3. The van der Waals surface area contributed by atoms with Gasteiger partial charge in [-0.3, -0.25) is 4.99 Å². The summed E-state index contributed by atoms with van der Waals surface area (Å²) in [6.07, 6.45) is 3.71. The highest BCUT2D eigenvalue weighted by Crippen LogP contribution is 2.19. The van der Waals surface area contributed by atoms with Crippen molar-refractivity contribution in [3.05, 3.63) is 35.8 Å². The SMILES string of the molecule is CC(C)CCN=C(N)NCCc1c[nH]c2ccc(F)cc12.I. The van der Waals surface area contributed by atoms with Gasteiger partial charge in [0.1, 0.15) is 5.82 Å². The van der Waals surface area contributed by atoms with Crippen molar-refractivity contribution in [3.63, 3.8) is 0 Å². The van der Waals surface area contributed by atoms with Gasteiger partial charge in [-0.1, -0.05) is 13.8 Å². The Bertz CT molecular complexity index is 622. The van der Waals surface area contributed by atoms with Gasteiger partial charge in [-0.25, -0.2) is 4.39 Å². The van der Waals surface area contributed by atoms with Gasteiger partial charge in [-0.2, -0.15) is 0 Å². The van der Waals surface area contributed by atoms with Gasteiger partial charge in [0, 0.05) is 30.2 Å². The van der Waals surface area contributed by atoms with Crippen LogP contribution in [0.25, 0.3) is 10.9 Å². The zero-order valence-electron chi connectivity index (χ0n) is 13.0. The third-order valence-corrected chi connectivity index (χ3v) is 3.42. The average Bonchev–Trinajstić information content (AvgIpc) is 2.81. The van der Waals surface area contributed by atoms with Crippen molar-refractivity contribution in [1.29, 1.82) is 0 Å². The summed E-state index contributed by atoms with van der Waals surface area (Å²) in [5.74, 6) is 0.885. The van der Waals surface area contributed by atoms with Crippen molar-refractivity contribution >= 4 is 40.8 Å². The molecule has 0 radical (unpaired) electrons. The molecule has 0 spiro atoms. The van der Waals surface area contributed by atoms with Crippen LogP contribution in [0.15, 0.2) is 29.4 Å². The molecule has 1 aromatic heterocycles. The molecular weight excluding hydrogens is 394 g/mol. The second kappa shape index (κ2) is 8.97. The van der Waals surface area contributed by atoms with Crippen LogP contribution in [0.2, 0.25) is 0 Å². The molecule has 1 heterocycles. The molecule has 0 unspecified atom stereocenters. The Balaban J connectivity index is 0.00000242. The van der Waals surface area contributed by atoms with E-state index in [1.54, 1.807) is 12.1 Å². The minimum Gasteiger partial charge on any atom is -0.370 e. The van der Waals surface area contributed by atoms with Gasteiger partial charge >= 0.3 is 0 Å². The second-order valence-electron chi connectivity index (χ2n) is 5.63. The lowest BCUT2D eigenvalue weighted by molar-refractivity contribution is 0.595. The smallest absolute Gasteiger partial charge is 0.188 e. The molecule has 0 amide bonds. The lowest BCUT2D eigenvalue weighted by Crippen LogP contribution is -2.33. The Hall–Kier alpha value is -1.31. The van der Waals surface area contributed by atoms with Gasteiger partial charge in [-0.05, 0) is 42.5 Å². The zero-order valence-corrected chi connectivity index (χ0v) is 15.4. The first kappa shape index (κ1) is 18.7. The van der Waals surface area contributed by atoms with E-state index in [0.717, 1.165) is 35.9 Å².